The summed E-state index contributed by atoms with van der Waals surface area (Å²) in [6.07, 6.45) is 7.20. The largest absolute Gasteiger partial charge is 0.376 e. The van der Waals surface area contributed by atoms with Gasteiger partial charge in [0.2, 0.25) is 11.8 Å². The number of fused-ring (bicyclic) bond motifs is 1. The molecular formula is C21H28N2O3. The van der Waals surface area contributed by atoms with Crippen LogP contribution in [-0.4, -0.2) is 49.1 Å². The van der Waals surface area contributed by atoms with Gasteiger partial charge in [-0.05, 0) is 49.7 Å². The standard InChI is InChI=1S/C21H28N2O3/c24-20-11-10-17-7-1-2-9-19(17)23(20)15-21(25)22(13-16-5-3-6-16)14-18-8-4-12-26-18/h1-2,7,9,16,18H,3-6,8,10-15H2/t18-/m0/s1. The lowest BCUT2D eigenvalue weighted by atomic mass is 9.85. The third-order valence-electron chi connectivity index (χ3n) is 5.99. The highest BCUT2D eigenvalue weighted by Gasteiger charge is 2.31. The lowest BCUT2D eigenvalue weighted by Crippen LogP contribution is -2.48. The van der Waals surface area contributed by atoms with Gasteiger partial charge in [0.15, 0.2) is 0 Å². The van der Waals surface area contributed by atoms with Crippen molar-refractivity contribution in [3.8, 4) is 0 Å². The topological polar surface area (TPSA) is 49.9 Å². The summed E-state index contributed by atoms with van der Waals surface area (Å²) < 4.78 is 5.76. The Morgan fingerprint density at radius 3 is 2.69 bits per heavy atom. The first-order chi connectivity index (χ1) is 12.7. The van der Waals surface area contributed by atoms with Crippen molar-refractivity contribution >= 4 is 17.5 Å². The lowest BCUT2D eigenvalue weighted by Gasteiger charge is -2.36. The van der Waals surface area contributed by atoms with Crippen LogP contribution in [0.15, 0.2) is 24.3 Å². The molecule has 5 nitrogen and oxygen atoms in total. The van der Waals surface area contributed by atoms with Crippen molar-refractivity contribution in [2.45, 2.75) is 51.0 Å². The number of para-hydroxylation sites is 1. The van der Waals surface area contributed by atoms with E-state index < -0.39 is 0 Å². The number of nitrogens with zero attached hydrogens (tertiary/aromatic N) is 2. The van der Waals surface area contributed by atoms with Crippen LogP contribution < -0.4 is 4.90 Å². The van der Waals surface area contributed by atoms with Gasteiger partial charge in [0.1, 0.15) is 6.54 Å². The summed E-state index contributed by atoms with van der Waals surface area (Å²) >= 11 is 0. The van der Waals surface area contributed by atoms with Crippen LogP contribution in [0.3, 0.4) is 0 Å². The molecule has 2 heterocycles. The van der Waals surface area contributed by atoms with Crippen molar-refractivity contribution in [1.29, 1.82) is 0 Å². The van der Waals surface area contributed by atoms with Crippen LogP contribution in [-0.2, 0) is 20.7 Å². The molecule has 1 saturated heterocycles. The summed E-state index contributed by atoms with van der Waals surface area (Å²) in [6.45, 7) is 2.42. The summed E-state index contributed by atoms with van der Waals surface area (Å²) in [5.41, 5.74) is 2.06. The molecule has 1 saturated carbocycles. The van der Waals surface area contributed by atoms with E-state index in [1.165, 1.54) is 19.3 Å². The highest BCUT2D eigenvalue weighted by atomic mass is 16.5. The second-order valence-electron chi connectivity index (χ2n) is 7.84. The first-order valence-electron chi connectivity index (χ1n) is 9.98. The zero-order valence-corrected chi connectivity index (χ0v) is 15.4. The molecular weight excluding hydrogens is 328 g/mol. The van der Waals surface area contributed by atoms with Crippen LogP contribution in [0.2, 0.25) is 0 Å². The number of ether oxygens (including phenoxy) is 1. The Morgan fingerprint density at radius 1 is 1.12 bits per heavy atom. The van der Waals surface area contributed by atoms with Gasteiger partial charge in [0.25, 0.3) is 0 Å². The lowest BCUT2D eigenvalue weighted by molar-refractivity contribution is -0.134. The van der Waals surface area contributed by atoms with Gasteiger partial charge in [-0.3, -0.25) is 9.59 Å². The summed E-state index contributed by atoms with van der Waals surface area (Å²) in [6, 6.07) is 7.94. The normalized spacial score (nSPS) is 22.8. The van der Waals surface area contributed by atoms with Crippen LogP contribution in [0.1, 0.15) is 44.1 Å². The molecule has 140 valence electrons. The Bertz CT molecular complexity index is 665. The Labute approximate surface area is 155 Å². The average molecular weight is 356 g/mol. The van der Waals surface area contributed by atoms with Gasteiger partial charge in [-0.25, -0.2) is 0 Å². The van der Waals surface area contributed by atoms with E-state index in [0.717, 1.165) is 43.7 Å². The highest BCUT2D eigenvalue weighted by Crippen LogP contribution is 2.29. The third kappa shape index (κ3) is 3.78. The maximum Gasteiger partial charge on any atom is 0.242 e. The molecule has 0 bridgehead atoms. The number of anilines is 1. The third-order valence-corrected chi connectivity index (χ3v) is 5.99. The minimum absolute atomic E-state index is 0.0532. The Kier molecular flexibility index (Phi) is 5.25. The molecule has 3 aliphatic rings. The molecule has 1 atom stereocenters. The van der Waals surface area contributed by atoms with E-state index in [4.69, 9.17) is 4.74 Å². The number of hydrogen-bond acceptors (Lipinski definition) is 3. The maximum atomic E-state index is 13.1. The van der Waals surface area contributed by atoms with E-state index in [9.17, 15) is 9.59 Å². The predicted octanol–water partition coefficient (Wildman–Crippen LogP) is 2.77. The van der Waals surface area contributed by atoms with Crippen LogP contribution in [0, 0.1) is 5.92 Å². The number of carbonyl (C=O) groups is 2. The van der Waals surface area contributed by atoms with Crippen molar-refractivity contribution in [2.75, 3.05) is 31.1 Å². The van der Waals surface area contributed by atoms with Gasteiger partial charge >= 0.3 is 0 Å². The van der Waals surface area contributed by atoms with Crippen LogP contribution >= 0.6 is 0 Å². The van der Waals surface area contributed by atoms with Gasteiger partial charge in [-0.15, -0.1) is 0 Å². The molecule has 0 radical (unpaired) electrons. The van der Waals surface area contributed by atoms with E-state index in [-0.39, 0.29) is 24.5 Å². The maximum absolute atomic E-state index is 13.1. The number of carbonyl (C=O) groups excluding carboxylic acids is 2. The second kappa shape index (κ2) is 7.78. The number of benzene rings is 1. The van der Waals surface area contributed by atoms with E-state index in [1.54, 1.807) is 4.90 Å². The van der Waals surface area contributed by atoms with Gasteiger partial charge in [-0.1, -0.05) is 24.6 Å². The first-order valence-corrected chi connectivity index (χ1v) is 9.98. The van der Waals surface area contributed by atoms with E-state index in [0.29, 0.717) is 18.9 Å². The molecule has 5 heteroatoms. The quantitative estimate of drug-likeness (QED) is 0.787. The summed E-state index contributed by atoms with van der Waals surface area (Å²) in [5, 5.41) is 0. The molecule has 2 amide bonds. The first kappa shape index (κ1) is 17.5. The Balaban J connectivity index is 1.47. The molecule has 4 rings (SSSR count). The highest BCUT2D eigenvalue weighted by molar-refractivity contribution is 6.01. The SMILES string of the molecule is O=C(CN1C(=O)CCc2ccccc21)N(CC1CCC1)C[C@@H]1CCCO1. The van der Waals surface area contributed by atoms with Gasteiger partial charge in [0, 0.05) is 31.8 Å². The molecule has 0 N–H and O–H groups in total. The summed E-state index contributed by atoms with van der Waals surface area (Å²) in [4.78, 5) is 29.2. The Hall–Kier alpha value is -1.88. The van der Waals surface area contributed by atoms with Crippen molar-refractivity contribution in [2.24, 2.45) is 5.92 Å². The van der Waals surface area contributed by atoms with Crippen LogP contribution in [0.5, 0.6) is 0 Å². The summed E-state index contributed by atoms with van der Waals surface area (Å²) in [7, 11) is 0. The molecule has 0 spiro atoms. The zero-order chi connectivity index (χ0) is 17.9. The average Bonchev–Trinajstić information content (AvgIpc) is 3.12. The molecule has 1 aliphatic carbocycles. The fourth-order valence-electron chi connectivity index (χ4n) is 4.20. The van der Waals surface area contributed by atoms with Crippen molar-refractivity contribution in [1.82, 2.24) is 4.90 Å². The van der Waals surface area contributed by atoms with Crippen molar-refractivity contribution < 1.29 is 14.3 Å². The second-order valence-corrected chi connectivity index (χ2v) is 7.84. The monoisotopic (exact) mass is 356 g/mol. The molecule has 1 aromatic carbocycles. The minimum Gasteiger partial charge on any atom is -0.376 e. The smallest absolute Gasteiger partial charge is 0.242 e. The predicted molar refractivity (Wildman–Crippen MR) is 100 cm³/mol. The zero-order valence-electron chi connectivity index (χ0n) is 15.4. The van der Waals surface area contributed by atoms with E-state index in [1.807, 2.05) is 23.1 Å². The fourth-order valence-corrected chi connectivity index (χ4v) is 4.20. The van der Waals surface area contributed by atoms with Crippen LogP contribution in [0.4, 0.5) is 5.69 Å². The molecule has 0 aromatic heterocycles. The molecule has 26 heavy (non-hydrogen) atoms. The number of rotatable bonds is 6. The number of amides is 2. The molecule has 2 fully saturated rings. The minimum atomic E-state index is 0.0532. The number of aryl methyl sites for hydroxylation is 1. The molecule has 0 unspecified atom stereocenters. The molecule has 1 aromatic rings. The van der Waals surface area contributed by atoms with Gasteiger partial charge in [-0.2, -0.15) is 0 Å². The molecule has 2 aliphatic heterocycles. The van der Waals surface area contributed by atoms with E-state index >= 15 is 0 Å². The fraction of sp³-hybridized carbons (Fsp3) is 0.619. The van der Waals surface area contributed by atoms with Crippen LogP contribution in [0.25, 0.3) is 0 Å². The summed E-state index contributed by atoms with van der Waals surface area (Å²) in [5.74, 6) is 0.722. The Morgan fingerprint density at radius 2 is 1.96 bits per heavy atom. The number of hydrogen-bond donors (Lipinski definition) is 0. The van der Waals surface area contributed by atoms with Gasteiger partial charge < -0.3 is 14.5 Å². The van der Waals surface area contributed by atoms with Crippen molar-refractivity contribution in [3.05, 3.63) is 29.8 Å². The van der Waals surface area contributed by atoms with Gasteiger partial charge in [0.05, 0.1) is 6.10 Å². The van der Waals surface area contributed by atoms with Crippen molar-refractivity contribution in [3.63, 3.8) is 0 Å². The van der Waals surface area contributed by atoms with E-state index in [2.05, 4.69) is 6.07 Å².